The molecular weight excluding hydrogens is 311 g/mol. The molecule has 1 amide bonds. The summed E-state index contributed by atoms with van der Waals surface area (Å²) in [5.74, 6) is -1.90. The predicted octanol–water partition coefficient (Wildman–Crippen LogP) is 2.89. The van der Waals surface area contributed by atoms with Crippen molar-refractivity contribution in [2.24, 2.45) is 0 Å². The fourth-order valence-electron chi connectivity index (χ4n) is 2.70. The number of halogens is 1. The number of benzene rings is 2. The molecule has 0 unspecified atom stereocenters. The van der Waals surface area contributed by atoms with Gasteiger partial charge in [0.2, 0.25) is 0 Å². The molecule has 6 heteroatoms. The minimum absolute atomic E-state index is 0.0647. The molecule has 0 radical (unpaired) electrons. The Balaban J connectivity index is 2.00. The molecule has 2 aromatic carbocycles. The normalized spacial score (nSPS) is 10.8. The van der Waals surface area contributed by atoms with E-state index in [9.17, 15) is 19.1 Å². The molecule has 0 aliphatic heterocycles. The van der Waals surface area contributed by atoms with Gasteiger partial charge in [0, 0.05) is 30.7 Å². The molecule has 0 bridgehead atoms. The molecule has 0 fully saturated rings. The number of rotatable bonds is 4. The molecule has 24 heavy (non-hydrogen) atoms. The first-order chi connectivity index (χ1) is 11.5. The Kier molecular flexibility index (Phi) is 4.04. The number of aromatic nitrogens is 1. The Labute approximate surface area is 137 Å². The minimum atomic E-state index is -1.17. The smallest absolute Gasteiger partial charge is 0.337 e. The van der Waals surface area contributed by atoms with Gasteiger partial charge in [-0.1, -0.05) is 18.2 Å². The summed E-state index contributed by atoms with van der Waals surface area (Å²) < 4.78 is 15.7. The van der Waals surface area contributed by atoms with E-state index in [0.717, 1.165) is 5.56 Å². The predicted molar refractivity (Wildman–Crippen MR) is 87.8 cm³/mol. The lowest BCUT2D eigenvalue weighted by molar-refractivity contribution is 0.0698. The Morgan fingerprint density at radius 3 is 2.50 bits per heavy atom. The summed E-state index contributed by atoms with van der Waals surface area (Å²) in [6.45, 7) is 0.376. The highest BCUT2D eigenvalue weighted by Gasteiger charge is 2.17. The highest BCUT2D eigenvalue weighted by Crippen LogP contribution is 2.25. The van der Waals surface area contributed by atoms with E-state index in [1.807, 2.05) is 0 Å². The summed E-state index contributed by atoms with van der Waals surface area (Å²) in [7, 11) is 1.56. The van der Waals surface area contributed by atoms with Gasteiger partial charge in [-0.25, -0.2) is 9.18 Å². The van der Waals surface area contributed by atoms with Crippen LogP contribution in [0.3, 0.4) is 0 Å². The molecule has 5 nitrogen and oxygen atoms in total. The summed E-state index contributed by atoms with van der Waals surface area (Å²) in [4.78, 5) is 22.9. The third kappa shape index (κ3) is 2.74. The molecule has 0 aliphatic carbocycles. The summed E-state index contributed by atoms with van der Waals surface area (Å²) in [5.41, 5.74) is 1.87. The van der Waals surface area contributed by atoms with Crippen molar-refractivity contribution >= 4 is 22.8 Å². The van der Waals surface area contributed by atoms with Crippen LogP contribution in [0.4, 0.5) is 4.39 Å². The van der Waals surface area contributed by atoms with Crippen molar-refractivity contribution < 1.29 is 19.1 Å². The Bertz CT molecular complexity index is 929. The average molecular weight is 326 g/mol. The fourth-order valence-corrected chi connectivity index (χ4v) is 2.70. The van der Waals surface area contributed by atoms with Crippen LogP contribution in [-0.4, -0.2) is 28.6 Å². The third-order valence-corrected chi connectivity index (χ3v) is 3.88. The molecule has 3 aromatic rings. The van der Waals surface area contributed by atoms with Crippen LogP contribution < -0.4 is 5.32 Å². The standard InChI is InChI=1S/C18H15FN2O3/c1-20-17(22)12-7-5-11(6-8-12)9-21-10-13(18(23)24)16-14(19)3-2-4-15(16)21/h2-8,10H,9H2,1H3,(H,20,22)(H,23,24). The van der Waals surface area contributed by atoms with Crippen molar-refractivity contribution in [2.75, 3.05) is 7.05 Å². The SMILES string of the molecule is CNC(=O)c1ccc(Cn2cc(C(=O)O)c3c(F)cccc32)cc1. The lowest BCUT2D eigenvalue weighted by Crippen LogP contribution is -2.17. The largest absolute Gasteiger partial charge is 0.478 e. The van der Waals surface area contributed by atoms with Gasteiger partial charge in [-0.3, -0.25) is 4.79 Å². The molecule has 2 N–H and O–H groups in total. The van der Waals surface area contributed by atoms with Crippen LogP contribution in [0.15, 0.2) is 48.7 Å². The van der Waals surface area contributed by atoms with E-state index in [2.05, 4.69) is 5.32 Å². The minimum Gasteiger partial charge on any atom is -0.478 e. The maximum atomic E-state index is 14.0. The van der Waals surface area contributed by atoms with Crippen LogP contribution in [0.25, 0.3) is 10.9 Å². The van der Waals surface area contributed by atoms with Crippen LogP contribution in [0.1, 0.15) is 26.3 Å². The quantitative estimate of drug-likeness (QED) is 0.774. The van der Waals surface area contributed by atoms with Crippen LogP contribution in [0.2, 0.25) is 0 Å². The van der Waals surface area contributed by atoms with Gasteiger partial charge in [0.15, 0.2) is 0 Å². The zero-order valence-corrected chi connectivity index (χ0v) is 12.9. The first-order valence-electron chi connectivity index (χ1n) is 7.33. The van der Waals surface area contributed by atoms with Gasteiger partial charge in [0.05, 0.1) is 11.1 Å². The second kappa shape index (κ2) is 6.16. The van der Waals surface area contributed by atoms with E-state index in [1.165, 1.54) is 12.3 Å². The third-order valence-electron chi connectivity index (χ3n) is 3.88. The second-order valence-corrected chi connectivity index (χ2v) is 5.39. The monoisotopic (exact) mass is 326 g/mol. The van der Waals surface area contributed by atoms with Crippen molar-refractivity contribution in [3.8, 4) is 0 Å². The van der Waals surface area contributed by atoms with Crippen LogP contribution in [-0.2, 0) is 6.54 Å². The summed E-state index contributed by atoms with van der Waals surface area (Å²) in [5, 5.41) is 11.9. The highest BCUT2D eigenvalue weighted by atomic mass is 19.1. The van der Waals surface area contributed by atoms with Crippen LogP contribution in [0.5, 0.6) is 0 Å². The zero-order chi connectivity index (χ0) is 17.3. The van der Waals surface area contributed by atoms with Gasteiger partial charge in [-0.15, -0.1) is 0 Å². The Morgan fingerprint density at radius 1 is 1.17 bits per heavy atom. The number of carboxylic acid groups (broad SMARTS) is 1. The lowest BCUT2D eigenvalue weighted by atomic mass is 10.1. The van der Waals surface area contributed by atoms with Gasteiger partial charge >= 0.3 is 5.97 Å². The number of nitrogens with one attached hydrogen (secondary N) is 1. The molecule has 0 aliphatic rings. The number of nitrogens with zero attached hydrogens (tertiary/aromatic N) is 1. The van der Waals surface area contributed by atoms with E-state index in [-0.39, 0.29) is 16.9 Å². The van der Waals surface area contributed by atoms with E-state index >= 15 is 0 Å². The summed E-state index contributed by atoms with van der Waals surface area (Å²) in [6, 6.07) is 11.4. The second-order valence-electron chi connectivity index (χ2n) is 5.39. The van der Waals surface area contributed by atoms with Gasteiger partial charge in [0.1, 0.15) is 5.82 Å². The molecule has 122 valence electrons. The lowest BCUT2D eigenvalue weighted by Gasteiger charge is -2.07. The van der Waals surface area contributed by atoms with E-state index in [1.54, 1.807) is 48.0 Å². The number of carbonyl (C=O) groups excluding carboxylic acids is 1. The number of carbonyl (C=O) groups is 2. The van der Waals surface area contributed by atoms with E-state index in [0.29, 0.717) is 17.6 Å². The van der Waals surface area contributed by atoms with Gasteiger partial charge in [-0.2, -0.15) is 0 Å². The summed E-state index contributed by atoms with van der Waals surface area (Å²) >= 11 is 0. The first-order valence-corrected chi connectivity index (χ1v) is 7.33. The van der Waals surface area contributed by atoms with Gasteiger partial charge < -0.3 is 15.0 Å². The van der Waals surface area contributed by atoms with Crippen molar-refractivity contribution in [3.63, 3.8) is 0 Å². The maximum absolute atomic E-state index is 14.0. The zero-order valence-electron chi connectivity index (χ0n) is 12.9. The molecular formula is C18H15FN2O3. The molecule has 0 saturated carbocycles. The number of amides is 1. The van der Waals surface area contributed by atoms with E-state index < -0.39 is 11.8 Å². The van der Waals surface area contributed by atoms with Gasteiger partial charge in [-0.05, 0) is 29.8 Å². The molecule has 0 spiro atoms. The molecule has 0 atom stereocenters. The topological polar surface area (TPSA) is 71.3 Å². The molecule has 3 rings (SSSR count). The maximum Gasteiger partial charge on any atom is 0.337 e. The average Bonchev–Trinajstić information content (AvgIpc) is 2.95. The number of aromatic carboxylic acids is 1. The number of hydrogen-bond acceptors (Lipinski definition) is 2. The Hall–Kier alpha value is -3.15. The number of fused-ring (bicyclic) bond motifs is 1. The first kappa shape index (κ1) is 15.7. The number of hydrogen-bond donors (Lipinski definition) is 2. The number of carboxylic acids is 1. The van der Waals surface area contributed by atoms with Crippen LogP contribution >= 0.6 is 0 Å². The van der Waals surface area contributed by atoms with E-state index in [4.69, 9.17) is 0 Å². The molecule has 0 saturated heterocycles. The summed E-state index contributed by atoms with van der Waals surface area (Å²) in [6.07, 6.45) is 1.43. The highest BCUT2D eigenvalue weighted by molar-refractivity contribution is 6.03. The van der Waals surface area contributed by atoms with Crippen molar-refractivity contribution in [1.29, 1.82) is 0 Å². The van der Waals surface area contributed by atoms with Crippen molar-refractivity contribution in [3.05, 3.63) is 71.2 Å². The van der Waals surface area contributed by atoms with Gasteiger partial charge in [0.25, 0.3) is 5.91 Å². The fraction of sp³-hybridized carbons (Fsp3) is 0.111. The van der Waals surface area contributed by atoms with Crippen molar-refractivity contribution in [2.45, 2.75) is 6.54 Å². The van der Waals surface area contributed by atoms with Crippen molar-refractivity contribution in [1.82, 2.24) is 9.88 Å². The van der Waals surface area contributed by atoms with Crippen LogP contribution in [0, 0.1) is 5.82 Å². The molecule has 1 heterocycles. The molecule has 1 aromatic heterocycles. The Morgan fingerprint density at radius 2 is 1.88 bits per heavy atom.